The summed E-state index contributed by atoms with van der Waals surface area (Å²) >= 11 is 0. The summed E-state index contributed by atoms with van der Waals surface area (Å²) in [4.78, 5) is 0. The molecule has 0 saturated carbocycles. The molecule has 0 fully saturated rings. The van der Waals surface area contributed by atoms with E-state index in [1.54, 1.807) is 6.92 Å². The van der Waals surface area contributed by atoms with Crippen LogP contribution in [0.4, 0.5) is 17.6 Å². The lowest BCUT2D eigenvalue weighted by molar-refractivity contribution is -0.137. The van der Waals surface area contributed by atoms with E-state index in [1.165, 1.54) is 0 Å². The van der Waals surface area contributed by atoms with E-state index < -0.39 is 29.7 Å². The van der Waals surface area contributed by atoms with Crippen LogP contribution in [0.2, 0.25) is 0 Å². The van der Waals surface area contributed by atoms with Crippen molar-refractivity contribution in [2.24, 2.45) is 5.73 Å². The van der Waals surface area contributed by atoms with Crippen LogP contribution in [-0.4, -0.2) is 11.2 Å². The lowest BCUT2D eigenvalue weighted by Crippen LogP contribution is -2.26. The van der Waals surface area contributed by atoms with Crippen LogP contribution in [0.3, 0.4) is 0 Å². The summed E-state index contributed by atoms with van der Waals surface area (Å²) in [5.41, 5.74) is 4.38. The Labute approximate surface area is 108 Å². The quantitative estimate of drug-likeness (QED) is 0.840. The largest absolute Gasteiger partial charge is 0.416 e. The van der Waals surface area contributed by atoms with Crippen LogP contribution in [0.5, 0.6) is 0 Å². The number of hydrogen-bond donors (Lipinski definition) is 2. The highest BCUT2D eigenvalue weighted by atomic mass is 35.5. The maximum atomic E-state index is 13.0. The minimum Gasteiger partial charge on any atom is -0.391 e. The molecule has 0 amide bonds. The Bertz CT molecular complexity index is 397. The fourth-order valence-electron chi connectivity index (χ4n) is 1.44. The fourth-order valence-corrected chi connectivity index (χ4v) is 1.44. The van der Waals surface area contributed by atoms with Gasteiger partial charge in [-0.05, 0) is 30.2 Å². The van der Waals surface area contributed by atoms with Crippen molar-refractivity contribution in [1.82, 2.24) is 0 Å². The van der Waals surface area contributed by atoms with E-state index in [0.717, 1.165) is 12.1 Å². The van der Waals surface area contributed by atoms with Crippen LogP contribution >= 0.6 is 12.4 Å². The normalized spacial score (nSPS) is 14.8. The summed E-state index contributed by atoms with van der Waals surface area (Å²) in [5, 5.41) is 9.44. The molecular formula is C11H14ClF4NO. The molecular weight excluding hydrogens is 274 g/mol. The van der Waals surface area contributed by atoms with Gasteiger partial charge >= 0.3 is 6.18 Å². The Balaban J connectivity index is 0.00000289. The zero-order chi connectivity index (χ0) is 13.2. The fraction of sp³-hybridized carbons (Fsp3) is 0.455. The van der Waals surface area contributed by atoms with Gasteiger partial charge in [-0.15, -0.1) is 12.4 Å². The molecule has 0 bridgehead atoms. The van der Waals surface area contributed by atoms with Crippen LogP contribution in [0.25, 0.3) is 0 Å². The summed E-state index contributed by atoms with van der Waals surface area (Å²) in [5.74, 6) is -1.02. The second-order valence-electron chi connectivity index (χ2n) is 3.77. The van der Waals surface area contributed by atoms with E-state index in [-0.39, 0.29) is 24.4 Å². The second kappa shape index (κ2) is 6.36. The molecule has 0 heterocycles. The Morgan fingerprint density at radius 2 is 1.83 bits per heavy atom. The molecule has 7 heteroatoms. The topological polar surface area (TPSA) is 46.2 Å². The van der Waals surface area contributed by atoms with Crippen molar-refractivity contribution < 1.29 is 22.7 Å². The molecule has 1 rings (SSSR count). The van der Waals surface area contributed by atoms with Crippen molar-refractivity contribution in [2.75, 3.05) is 0 Å². The first-order valence-corrected chi connectivity index (χ1v) is 5.07. The molecule has 0 radical (unpaired) electrons. The molecule has 2 nitrogen and oxygen atoms in total. The number of alkyl halides is 3. The van der Waals surface area contributed by atoms with Gasteiger partial charge in [-0.2, -0.15) is 13.2 Å². The van der Waals surface area contributed by atoms with E-state index in [4.69, 9.17) is 5.73 Å². The van der Waals surface area contributed by atoms with Crippen LogP contribution in [0.1, 0.15) is 30.5 Å². The Morgan fingerprint density at radius 1 is 1.28 bits per heavy atom. The van der Waals surface area contributed by atoms with Crippen molar-refractivity contribution >= 4 is 12.4 Å². The molecule has 0 aromatic heterocycles. The maximum Gasteiger partial charge on any atom is 0.416 e. The maximum absolute atomic E-state index is 13.0. The third-order valence-corrected chi connectivity index (χ3v) is 2.47. The molecule has 104 valence electrons. The van der Waals surface area contributed by atoms with Crippen molar-refractivity contribution in [1.29, 1.82) is 0 Å². The molecule has 18 heavy (non-hydrogen) atoms. The molecule has 2 atom stereocenters. The number of hydrogen-bond acceptors (Lipinski definition) is 2. The van der Waals surface area contributed by atoms with Gasteiger partial charge in [0.05, 0.1) is 17.7 Å². The highest BCUT2D eigenvalue weighted by Gasteiger charge is 2.32. The monoisotopic (exact) mass is 287 g/mol. The van der Waals surface area contributed by atoms with Gasteiger partial charge in [0.15, 0.2) is 0 Å². The Kier molecular flexibility index (Phi) is 6.06. The average molecular weight is 288 g/mol. The van der Waals surface area contributed by atoms with Crippen LogP contribution in [0.15, 0.2) is 18.2 Å². The number of aliphatic hydroxyl groups excluding tert-OH is 1. The molecule has 0 spiro atoms. The van der Waals surface area contributed by atoms with E-state index in [0.29, 0.717) is 6.07 Å². The number of halogens is 5. The SMILES string of the molecule is CC[C@H](O)[C@H](N)c1cc(F)cc(C(F)(F)F)c1.Cl. The van der Waals surface area contributed by atoms with Gasteiger partial charge in [-0.1, -0.05) is 6.92 Å². The summed E-state index contributed by atoms with van der Waals surface area (Å²) in [6.07, 6.45) is -5.36. The minimum absolute atomic E-state index is 0. The van der Waals surface area contributed by atoms with Crippen LogP contribution < -0.4 is 5.73 Å². The first-order valence-electron chi connectivity index (χ1n) is 5.07. The van der Waals surface area contributed by atoms with E-state index >= 15 is 0 Å². The van der Waals surface area contributed by atoms with Gasteiger partial charge in [0.2, 0.25) is 0 Å². The predicted molar refractivity (Wildman–Crippen MR) is 61.9 cm³/mol. The lowest BCUT2D eigenvalue weighted by atomic mass is 9.98. The van der Waals surface area contributed by atoms with Gasteiger partial charge in [-0.25, -0.2) is 4.39 Å². The van der Waals surface area contributed by atoms with Gasteiger partial charge in [0.1, 0.15) is 5.82 Å². The van der Waals surface area contributed by atoms with Gasteiger partial charge in [0, 0.05) is 0 Å². The zero-order valence-electron chi connectivity index (χ0n) is 9.54. The highest BCUT2D eigenvalue weighted by molar-refractivity contribution is 5.85. The number of nitrogens with two attached hydrogens (primary N) is 1. The Hall–Kier alpha value is -0.850. The average Bonchev–Trinajstić information content (AvgIpc) is 2.25. The molecule has 0 saturated heterocycles. The summed E-state index contributed by atoms with van der Waals surface area (Å²) < 4.78 is 50.3. The molecule has 0 aliphatic carbocycles. The van der Waals surface area contributed by atoms with Crippen LogP contribution in [0, 0.1) is 5.82 Å². The molecule has 3 N–H and O–H groups in total. The van der Waals surface area contributed by atoms with Crippen molar-refractivity contribution in [3.63, 3.8) is 0 Å². The first-order chi connectivity index (χ1) is 7.75. The summed E-state index contributed by atoms with van der Waals surface area (Å²) in [6, 6.07) is 1.02. The minimum atomic E-state index is -4.63. The molecule has 1 aromatic carbocycles. The number of benzene rings is 1. The lowest BCUT2D eigenvalue weighted by Gasteiger charge is -2.19. The molecule has 1 aromatic rings. The molecule has 0 unspecified atom stereocenters. The number of rotatable bonds is 3. The summed E-state index contributed by atoms with van der Waals surface area (Å²) in [6.45, 7) is 1.63. The van der Waals surface area contributed by atoms with E-state index in [2.05, 4.69) is 0 Å². The third kappa shape index (κ3) is 4.12. The van der Waals surface area contributed by atoms with Gasteiger partial charge in [0.25, 0.3) is 0 Å². The smallest absolute Gasteiger partial charge is 0.391 e. The molecule has 0 aliphatic heterocycles. The highest BCUT2D eigenvalue weighted by Crippen LogP contribution is 2.32. The van der Waals surface area contributed by atoms with Gasteiger partial charge in [-0.3, -0.25) is 0 Å². The second-order valence-corrected chi connectivity index (χ2v) is 3.77. The standard InChI is InChI=1S/C11H13F4NO.ClH/c1-2-9(17)10(16)6-3-7(11(13,14)15)5-8(12)4-6;/h3-5,9-10,17H,2,16H2,1H3;1H/t9-,10+;/m0./s1. The van der Waals surface area contributed by atoms with E-state index in [9.17, 15) is 22.7 Å². The first kappa shape index (κ1) is 17.2. The van der Waals surface area contributed by atoms with Crippen LogP contribution in [-0.2, 0) is 6.18 Å². The molecule has 0 aliphatic rings. The van der Waals surface area contributed by atoms with Crippen molar-refractivity contribution in [2.45, 2.75) is 31.7 Å². The van der Waals surface area contributed by atoms with Gasteiger partial charge < -0.3 is 10.8 Å². The predicted octanol–water partition coefficient (Wildman–Crippen LogP) is 3.04. The third-order valence-electron chi connectivity index (χ3n) is 2.47. The van der Waals surface area contributed by atoms with E-state index in [1.807, 2.05) is 0 Å². The van der Waals surface area contributed by atoms with Crippen molar-refractivity contribution in [3.05, 3.63) is 35.1 Å². The Morgan fingerprint density at radius 3 is 2.28 bits per heavy atom. The number of aliphatic hydroxyl groups is 1. The van der Waals surface area contributed by atoms with Crippen molar-refractivity contribution in [3.8, 4) is 0 Å². The zero-order valence-corrected chi connectivity index (χ0v) is 10.4. The summed E-state index contributed by atoms with van der Waals surface area (Å²) in [7, 11) is 0.